The Hall–Kier alpha value is -2.63. The quantitative estimate of drug-likeness (QED) is 0.579. The van der Waals surface area contributed by atoms with Crippen LogP contribution in [-0.2, 0) is 7.05 Å². The summed E-state index contributed by atoms with van der Waals surface area (Å²) in [6, 6.07) is 16.6. The van der Waals surface area contributed by atoms with Crippen molar-refractivity contribution in [2.75, 3.05) is 13.1 Å². The standard InChI is InChI=1S/C21H20ClN5/c1-26-17-9-5-8-16(22)18(17)20(25-26)21-19(14-6-3-2-4-7-14)24-13-27(21)15-10-11-23-12-15/h2-9,13,15,23H,10-12H2,1H3. The lowest BCUT2D eigenvalue weighted by Crippen LogP contribution is -2.13. The first-order valence-corrected chi connectivity index (χ1v) is 9.56. The number of halogens is 1. The van der Waals surface area contributed by atoms with E-state index < -0.39 is 0 Å². The molecule has 27 heavy (non-hydrogen) atoms. The number of fused-ring (bicyclic) bond motifs is 1. The third-order valence-electron chi connectivity index (χ3n) is 5.32. The normalized spacial score (nSPS) is 17.0. The Bertz CT molecular complexity index is 1110. The van der Waals surface area contributed by atoms with E-state index in [1.807, 2.05) is 48.4 Å². The molecule has 5 nitrogen and oxygen atoms in total. The van der Waals surface area contributed by atoms with Crippen LogP contribution >= 0.6 is 11.6 Å². The number of rotatable bonds is 3. The molecule has 2 aromatic heterocycles. The summed E-state index contributed by atoms with van der Waals surface area (Å²) in [6.45, 7) is 1.96. The van der Waals surface area contributed by atoms with Gasteiger partial charge in [0, 0.05) is 30.6 Å². The third kappa shape index (κ3) is 2.66. The first-order valence-electron chi connectivity index (χ1n) is 9.18. The molecule has 0 aliphatic carbocycles. The van der Waals surface area contributed by atoms with Gasteiger partial charge >= 0.3 is 0 Å². The molecule has 2 aromatic carbocycles. The number of imidazole rings is 1. The van der Waals surface area contributed by atoms with Gasteiger partial charge in [0.05, 0.1) is 28.3 Å². The van der Waals surface area contributed by atoms with Crippen molar-refractivity contribution in [2.45, 2.75) is 12.5 Å². The zero-order valence-corrected chi connectivity index (χ0v) is 15.8. The fraction of sp³-hybridized carbons (Fsp3) is 0.238. The van der Waals surface area contributed by atoms with Gasteiger partial charge < -0.3 is 9.88 Å². The molecule has 1 unspecified atom stereocenters. The predicted octanol–water partition coefficient (Wildman–Crippen LogP) is 4.29. The van der Waals surface area contributed by atoms with Crippen LogP contribution in [0.4, 0.5) is 0 Å². The van der Waals surface area contributed by atoms with Gasteiger partial charge in [-0.05, 0) is 25.1 Å². The van der Waals surface area contributed by atoms with Crippen LogP contribution in [0, 0.1) is 0 Å². The molecule has 0 radical (unpaired) electrons. The highest BCUT2D eigenvalue weighted by molar-refractivity contribution is 6.36. The highest BCUT2D eigenvalue weighted by Gasteiger charge is 2.26. The lowest BCUT2D eigenvalue weighted by Gasteiger charge is -2.15. The van der Waals surface area contributed by atoms with E-state index in [2.05, 4.69) is 28.1 Å². The van der Waals surface area contributed by atoms with Crippen LogP contribution in [0.25, 0.3) is 33.5 Å². The summed E-state index contributed by atoms with van der Waals surface area (Å²) >= 11 is 6.61. The fourth-order valence-corrected chi connectivity index (χ4v) is 4.25. The van der Waals surface area contributed by atoms with E-state index in [9.17, 15) is 0 Å². The minimum atomic E-state index is 0.365. The second kappa shape index (κ2) is 6.51. The maximum Gasteiger partial charge on any atom is 0.120 e. The second-order valence-corrected chi connectivity index (χ2v) is 7.38. The number of nitrogens with one attached hydrogen (secondary N) is 1. The van der Waals surface area contributed by atoms with E-state index in [1.54, 1.807) is 0 Å². The van der Waals surface area contributed by atoms with Crippen LogP contribution in [0.5, 0.6) is 0 Å². The van der Waals surface area contributed by atoms with Crippen molar-refractivity contribution in [1.29, 1.82) is 0 Å². The fourth-order valence-electron chi connectivity index (χ4n) is 3.99. The summed E-state index contributed by atoms with van der Waals surface area (Å²) in [5, 5.41) is 10.0. The molecule has 1 saturated heterocycles. The van der Waals surface area contributed by atoms with Gasteiger partial charge in [0.2, 0.25) is 0 Å². The third-order valence-corrected chi connectivity index (χ3v) is 5.63. The Kier molecular flexibility index (Phi) is 3.99. The molecule has 1 N–H and O–H groups in total. The first kappa shape index (κ1) is 16.5. The molecule has 136 valence electrons. The van der Waals surface area contributed by atoms with Crippen LogP contribution in [0.2, 0.25) is 5.02 Å². The zero-order chi connectivity index (χ0) is 18.4. The van der Waals surface area contributed by atoms with Gasteiger partial charge in [-0.3, -0.25) is 4.68 Å². The lowest BCUT2D eigenvalue weighted by molar-refractivity contribution is 0.550. The Morgan fingerprint density at radius 3 is 2.70 bits per heavy atom. The number of hydrogen-bond acceptors (Lipinski definition) is 3. The molecule has 4 aromatic rings. The van der Waals surface area contributed by atoms with Gasteiger partial charge in [-0.1, -0.05) is 48.0 Å². The summed E-state index contributed by atoms with van der Waals surface area (Å²) in [5.41, 5.74) is 4.98. The topological polar surface area (TPSA) is 47.7 Å². The number of benzene rings is 2. The molecule has 0 saturated carbocycles. The molecule has 6 heteroatoms. The molecule has 0 spiro atoms. The number of aromatic nitrogens is 4. The van der Waals surface area contributed by atoms with Crippen LogP contribution in [0.15, 0.2) is 54.9 Å². The maximum atomic E-state index is 6.61. The molecule has 0 bridgehead atoms. The van der Waals surface area contributed by atoms with Crippen LogP contribution in [-0.4, -0.2) is 32.4 Å². The van der Waals surface area contributed by atoms with E-state index in [0.29, 0.717) is 11.1 Å². The summed E-state index contributed by atoms with van der Waals surface area (Å²) in [4.78, 5) is 4.80. The van der Waals surface area contributed by atoms with Crippen molar-refractivity contribution in [3.05, 3.63) is 59.9 Å². The molecular weight excluding hydrogens is 358 g/mol. The van der Waals surface area contributed by atoms with Crippen LogP contribution in [0.3, 0.4) is 0 Å². The van der Waals surface area contributed by atoms with E-state index in [4.69, 9.17) is 21.7 Å². The van der Waals surface area contributed by atoms with Gasteiger partial charge in [0.1, 0.15) is 5.69 Å². The molecule has 1 fully saturated rings. The molecule has 5 rings (SSSR count). The van der Waals surface area contributed by atoms with Crippen molar-refractivity contribution < 1.29 is 0 Å². The first-order chi connectivity index (χ1) is 13.2. The average Bonchev–Trinajstić information content (AvgIpc) is 3.41. The van der Waals surface area contributed by atoms with Gasteiger partial charge in [-0.2, -0.15) is 5.10 Å². The molecule has 0 amide bonds. The minimum absolute atomic E-state index is 0.365. The van der Waals surface area contributed by atoms with Crippen molar-refractivity contribution >= 4 is 22.5 Å². The molecule has 1 aliphatic heterocycles. The van der Waals surface area contributed by atoms with Crippen molar-refractivity contribution in [2.24, 2.45) is 7.05 Å². The van der Waals surface area contributed by atoms with Crippen molar-refractivity contribution in [3.63, 3.8) is 0 Å². The van der Waals surface area contributed by atoms with Gasteiger partial charge in [-0.25, -0.2) is 4.98 Å². The second-order valence-electron chi connectivity index (χ2n) is 6.97. The smallest absolute Gasteiger partial charge is 0.120 e. The van der Waals surface area contributed by atoms with Crippen LogP contribution in [0.1, 0.15) is 12.5 Å². The lowest BCUT2D eigenvalue weighted by atomic mass is 10.1. The zero-order valence-electron chi connectivity index (χ0n) is 15.1. The Labute approximate surface area is 162 Å². The Balaban J connectivity index is 1.82. The minimum Gasteiger partial charge on any atom is -0.324 e. The SMILES string of the molecule is Cn1nc(-c2c(-c3ccccc3)ncn2C2CCNC2)c2c(Cl)cccc21. The molecule has 1 atom stereocenters. The summed E-state index contributed by atoms with van der Waals surface area (Å²) in [6.07, 6.45) is 3.03. The van der Waals surface area contributed by atoms with Gasteiger partial charge in [0.25, 0.3) is 0 Å². The van der Waals surface area contributed by atoms with E-state index in [0.717, 1.165) is 53.1 Å². The Morgan fingerprint density at radius 2 is 1.93 bits per heavy atom. The monoisotopic (exact) mass is 377 g/mol. The summed E-state index contributed by atoms with van der Waals surface area (Å²) in [7, 11) is 1.96. The highest BCUT2D eigenvalue weighted by Crippen LogP contribution is 2.39. The van der Waals surface area contributed by atoms with E-state index >= 15 is 0 Å². The van der Waals surface area contributed by atoms with Crippen molar-refractivity contribution in [1.82, 2.24) is 24.6 Å². The molecular formula is C21H20ClN5. The molecule has 1 aliphatic rings. The van der Waals surface area contributed by atoms with E-state index in [-0.39, 0.29) is 0 Å². The molecule has 3 heterocycles. The number of hydrogen-bond donors (Lipinski definition) is 1. The van der Waals surface area contributed by atoms with Crippen LogP contribution < -0.4 is 5.32 Å². The Morgan fingerprint density at radius 1 is 1.07 bits per heavy atom. The largest absolute Gasteiger partial charge is 0.324 e. The summed E-state index contributed by atoms with van der Waals surface area (Å²) < 4.78 is 4.17. The maximum absolute atomic E-state index is 6.61. The summed E-state index contributed by atoms with van der Waals surface area (Å²) in [5.74, 6) is 0. The average molecular weight is 378 g/mol. The van der Waals surface area contributed by atoms with Gasteiger partial charge in [-0.15, -0.1) is 0 Å². The number of aryl methyl sites for hydroxylation is 1. The van der Waals surface area contributed by atoms with Gasteiger partial charge in [0.15, 0.2) is 0 Å². The van der Waals surface area contributed by atoms with Crippen molar-refractivity contribution in [3.8, 4) is 22.6 Å². The number of nitrogens with zero attached hydrogens (tertiary/aromatic N) is 4. The predicted molar refractivity (Wildman–Crippen MR) is 109 cm³/mol. The van der Waals surface area contributed by atoms with E-state index in [1.165, 1.54) is 0 Å². The highest BCUT2D eigenvalue weighted by atomic mass is 35.5.